The Balaban J connectivity index is 2.04. The highest BCUT2D eigenvalue weighted by Gasteiger charge is 2.01. The van der Waals surface area contributed by atoms with Gasteiger partial charge in [0.25, 0.3) is 0 Å². The van der Waals surface area contributed by atoms with Gasteiger partial charge in [-0.3, -0.25) is 0 Å². The van der Waals surface area contributed by atoms with Crippen LogP contribution in [0.15, 0.2) is 48.9 Å². The van der Waals surface area contributed by atoms with E-state index in [0.717, 1.165) is 35.6 Å². The molecule has 0 unspecified atom stereocenters. The van der Waals surface area contributed by atoms with E-state index in [2.05, 4.69) is 46.1 Å². The second kappa shape index (κ2) is 6.82. The van der Waals surface area contributed by atoms with Crippen molar-refractivity contribution in [2.24, 2.45) is 5.73 Å². The van der Waals surface area contributed by atoms with E-state index in [9.17, 15) is 0 Å². The van der Waals surface area contributed by atoms with E-state index in [1.807, 2.05) is 19.3 Å². The third-order valence-corrected chi connectivity index (χ3v) is 3.08. The van der Waals surface area contributed by atoms with Gasteiger partial charge in [0.15, 0.2) is 0 Å². The maximum absolute atomic E-state index is 5.49. The number of hydrogen-bond donors (Lipinski definition) is 2. The van der Waals surface area contributed by atoms with Gasteiger partial charge in [0.1, 0.15) is 5.82 Å². The van der Waals surface area contributed by atoms with E-state index >= 15 is 0 Å². The molecule has 1 heterocycles. The van der Waals surface area contributed by atoms with Crippen LogP contribution in [0.4, 0.5) is 0 Å². The first kappa shape index (κ1) is 14.2. The van der Waals surface area contributed by atoms with E-state index in [1.54, 1.807) is 0 Å². The average Bonchev–Trinajstić information content (AvgIpc) is 2.48. The smallest absolute Gasteiger partial charge is 0.125 e. The van der Waals surface area contributed by atoms with Crippen molar-refractivity contribution in [1.29, 1.82) is 0 Å². The van der Waals surface area contributed by atoms with Crippen LogP contribution in [0.1, 0.15) is 11.4 Å². The van der Waals surface area contributed by atoms with Crippen LogP contribution in [-0.4, -0.2) is 23.1 Å². The average molecular weight is 268 g/mol. The van der Waals surface area contributed by atoms with E-state index in [1.165, 1.54) is 5.56 Å². The van der Waals surface area contributed by atoms with Gasteiger partial charge < -0.3 is 11.1 Å². The summed E-state index contributed by atoms with van der Waals surface area (Å²) in [5, 5.41) is 3.20. The van der Waals surface area contributed by atoms with E-state index in [-0.39, 0.29) is 0 Å². The third kappa shape index (κ3) is 3.90. The monoisotopic (exact) mass is 268 g/mol. The van der Waals surface area contributed by atoms with Gasteiger partial charge in [-0.1, -0.05) is 30.8 Å². The van der Waals surface area contributed by atoms with Crippen molar-refractivity contribution in [2.75, 3.05) is 13.1 Å². The number of rotatable bonds is 6. The summed E-state index contributed by atoms with van der Waals surface area (Å²) in [6, 6.07) is 8.42. The minimum atomic E-state index is 0.473. The molecule has 0 amide bonds. The molecule has 0 aliphatic rings. The Morgan fingerprint density at radius 2 is 2.00 bits per heavy atom. The van der Waals surface area contributed by atoms with Gasteiger partial charge in [0.05, 0.1) is 0 Å². The van der Waals surface area contributed by atoms with Crippen molar-refractivity contribution >= 4 is 0 Å². The van der Waals surface area contributed by atoms with Crippen LogP contribution in [0, 0.1) is 6.92 Å². The Labute approximate surface area is 119 Å². The van der Waals surface area contributed by atoms with Gasteiger partial charge in [-0.2, -0.15) is 0 Å². The molecule has 0 spiro atoms. The molecule has 4 nitrogen and oxygen atoms in total. The third-order valence-electron chi connectivity index (χ3n) is 3.08. The van der Waals surface area contributed by atoms with Gasteiger partial charge in [0, 0.05) is 36.7 Å². The number of hydrogen-bond acceptors (Lipinski definition) is 4. The van der Waals surface area contributed by atoms with Gasteiger partial charge in [0.2, 0.25) is 0 Å². The lowest BCUT2D eigenvalue weighted by atomic mass is 10.0. The molecule has 0 fully saturated rings. The van der Waals surface area contributed by atoms with Gasteiger partial charge in [-0.25, -0.2) is 9.97 Å². The lowest BCUT2D eigenvalue weighted by molar-refractivity contribution is 0.772. The van der Waals surface area contributed by atoms with Crippen LogP contribution in [0.2, 0.25) is 0 Å². The molecule has 0 radical (unpaired) electrons. The zero-order valence-corrected chi connectivity index (χ0v) is 11.8. The van der Waals surface area contributed by atoms with Crippen molar-refractivity contribution < 1.29 is 0 Å². The van der Waals surface area contributed by atoms with E-state index in [4.69, 9.17) is 5.73 Å². The summed E-state index contributed by atoms with van der Waals surface area (Å²) >= 11 is 0. The Hall–Kier alpha value is -2.20. The Kier molecular flexibility index (Phi) is 4.85. The fraction of sp³-hybridized carbons (Fsp3) is 0.250. The highest BCUT2D eigenvalue weighted by atomic mass is 14.9. The maximum atomic E-state index is 5.49. The summed E-state index contributed by atoms with van der Waals surface area (Å²) < 4.78 is 0. The summed E-state index contributed by atoms with van der Waals surface area (Å²) in [5.41, 5.74) is 9.80. The minimum absolute atomic E-state index is 0.473. The van der Waals surface area contributed by atoms with E-state index in [0.29, 0.717) is 6.54 Å². The highest BCUT2D eigenvalue weighted by molar-refractivity contribution is 5.62. The molecule has 1 aromatic carbocycles. The molecule has 104 valence electrons. The molecule has 3 N–H and O–H groups in total. The van der Waals surface area contributed by atoms with Crippen molar-refractivity contribution in [3.8, 4) is 11.1 Å². The first-order valence-electron chi connectivity index (χ1n) is 6.68. The molecule has 0 saturated carbocycles. The molecule has 20 heavy (non-hydrogen) atoms. The highest BCUT2D eigenvalue weighted by Crippen LogP contribution is 2.19. The molecule has 0 atom stereocenters. The Morgan fingerprint density at radius 1 is 1.25 bits per heavy atom. The molecular formula is C16H20N4. The lowest BCUT2D eigenvalue weighted by Crippen LogP contribution is -2.21. The summed E-state index contributed by atoms with van der Waals surface area (Å²) in [7, 11) is 0. The van der Waals surface area contributed by atoms with Crippen LogP contribution in [0.25, 0.3) is 11.1 Å². The predicted molar refractivity (Wildman–Crippen MR) is 82.1 cm³/mol. The Morgan fingerprint density at radius 3 is 2.70 bits per heavy atom. The van der Waals surface area contributed by atoms with Gasteiger partial charge in [-0.05, 0) is 24.5 Å². The maximum Gasteiger partial charge on any atom is 0.125 e. The number of nitrogens with zero attached hydrogens (tertiary/aromatic N) is 2. The molecule has 2 aromatic rings. The summed E-state index contributed by atoms with van der Waals surface area (Å²) in [6.45, 7) is 7.02. The second-order valence-electron chi connectivity index (χ2n) is 4.70. The summed E-state index contributed by atoms with van der Waals surface area (Å²) in [4.78, 5) is 8.47. The van der Waals surface area contributed by atoms with Crippen LogP contribution >= 0.6 is 0 Å². The summed E-state index contributed by atoms with van der Waals surface area (Å²) in [5.74, 6) is 0.786. The van der Waals surface area contributed by atoms with Crippen molar-refractivity contribution in [1.82, 2.24) is 15.3 Å². The number of aryl methyl sites for hydroxylation is 1. The molecule has 0 aliphatic heterocycles. The second-order valence-corrected chi connectivity index (χ2v) is 4.70. The van der Waals surface area contributed by atoms with Crippen LogP contribution < -0.4 is 11.1 Å². The number of aromatic nitrogens is 2. The number of nitrogens with one attached hydrogen (secondary N) is 1. The molecule has 0 aliphatic carbocycles. The Bertz CT molecular complexity index is 575. The fourth-order valence-corrected chi connectivity index (χ4v) is 1.90. The number of benzene rings is 1. The first-order chi connectivity index (χ1) is 9.69. The lowest BCUT2D eigenvalue weighted by Gasteiger charge is -2.08. The fourth-order valence-electron chi connectivity index (χ4n) is 1.90. The van der Waals surface area contributed by atoms with Crippen molar-refractivity contribution in [3.63, 3.8) is 0 Å². The molecular weight excluding hydrogens is 248 g/mol. The van der Waals surface area contributed by atoms with E-state index < -0.39 is 0 Å². The first-order valence-corrected chi connectivity index (χ1v) is 6.68. The molecule has 4 heteroatoms. The predicted octanol–water partition coefficient (Wildman–Crippen LogP) is 2.06. The van der Waals surface area contributed by atoms with Crippen LogP contribution in [0.5, 0.6) is 0 Å². The zero-order valence-electron chi connectivity index (χ0n) is 11.8. The summed E-state index contributed by atoms with van der Waals surface area (Å²) in [6.07, 6.45) is 4.64. The van der Waals surface area contributed by atoms with Crippen molar-refractivity contribution in [2.45, 2.75) is 13.3 Å². The molecule has 0 bridgehead atoms. The normalized spacial score (nSPS) is 10.3. The molecule has 1 aromatic heterocycles. The SMILES string of the molecule is C=C(CN)NCCc1cccc(-c2cnc(C)nc2)c1. The number of nitrogens with two attached hydrogens (primary N) is 1. The zero-order chi connectivity index (χ0) is 14.4. The molecule has 2 rings (SSSR count). The quantitative estimate of drug-likeness (QED) is 0.841. The largest absolute Gasteiger partial charge is 0.387 e. The molecule has 0 saturated heterocycles. The standard InChI is InChI=1S/C16H20N4/c1-12(9-17)18-7-6-14-4-3-5-15(8-14)16-10-19-13(2)20-11-16/h3-5,8,10-11,18H,1,6-7,9,17H2,2H3. The van der Waals surface area contributed by atoms with Gasteiger partial charge in [-0.15, -0.1) is 0 Å². The topological polar surface area (TPSA) is 63.8 Å². The van der Waals surface area contributed by atoms with Crippen LogP contribution in [-0.2, 0) is 6.42 Å². The van der Waals surface area contributed by atoms with Crippen LogP contribution in [0.3, 0.4) is 0 Å². The van der Waals surface area contributed by atoms with Gasteiger partial charge >= 0.3 is 0 Å². The van der Waals surface area contributed by atoms with Crippen molar-refractivity contribution in [3.05, 3.63) is 60.3 Å². The minimum Gasteiger partial charge on any atom is -0.387 e.